The van der Waals surface area contributed by atoms with E-state index < -0.39 is 10.0 Å². The van der Waals surface area contributed by atoms with Crippen LogP contribution in [0.5, 0.6) is 0 Å². The maximum atomic E-state index is 12.0. The Morgan fingerprint density at radius 3 is 2.30 bits per heavy atom. The van der Waals surface area contributed by atoms with Crippen molar-refractivity contribution < 1.29 is 8.42 Å². The zero-order valence-electron chi connectivity index (χ0n) is 11.1. The smallest absolute Gasteiger partial charge is 0.214 e. The van der Waals surface area contributed by atoms with E-state index in [-0.39, 0.29) is 4.83 Å². The molecule has 1 N–H and O–H groups in total. The maximum absolute atomic E-state index is 12.0. The summed E-state index contributed by atoms with van der Waals surface area (Å²) in [5.74, 6) is 0. The SMILES string of the molecule is CNS(=O)(=O)c1ccccc1CC(Br)c1ccccc1. The van der Waals surface area contributed by atoms with E-state index in [1.807, 2.05) is 42.5 Å². The van der Waals surface area contributed by atoms with Crippen molar-refractivity contribution in [2.45, 2.75) is 16.1 Å². The van der Waals surface area contributed by atoms with Crippen LogP contribution < -0.4 is 4.72 Å². The highest BCUT2D eigenvalue weighted by Gasteiger charge is 2.18. The highest BCUT2D eigenvalue weighted by molar-refractivity contribution is 9.09. The van der Waals surface area contributed by atoms with Crippen molar-refractivity contribution in [3.63, 3.8) is 0 Å². The minimum Gasteiger partial charge on any atom is -0.214 e. The molecule has 0 aromatic heterocycles. The molecule has 2 aromatic rings. The molecule has 20 heavy (non-hydrogen) atoms. The van der Waals surface area contributed by atoms with Gasteiger partial charge in [-0.15, -0.1) is 0 Å². The van der Waals surface area contributed by atoms with Gasteiger partial charge in [0.25, 0.3) is 0 Å². The molecular weight excluding hydrogens is 338 g/mol. The molecule has 0 bridgehead atoms. The molecule has 5 heteroatoms. The third-order valence-electron chi connectivity index (χ3n) is 3.09. The number of hydrogen-bond acceptors (Lipinski definition) is 2. The lowest BCUT2D eigenvalue weighted by atomic mass is 10.0. The van der Waals surface area contributed by atoms with Gasteiger partial charge in [0.15, 0.2) is 0 Å². The maximum Gasteiger partial charge on any atom is 0.240 e. The van der Waals surface area contributed by atoms with Gasteiger partial charge in [-0.25, -0.2) is 13.1 Å². The van der Waals surface area contributed by atoms with Crippen LogP contribution in [0.1, 0.15) is 16.0 Å². The number of benzene rings is 2. The quantitative estimate of drug-likeness (QED) is 0.838. The van der Waals surface area contributed by atoms with E-state index in [4.69, 9.17) is 0 Å². The first kappa shape index (κ1) is 15.2. The molecule has 2 aromatic carbocycles. The van der Waals surface area contributed by atoms with Gasteiger partial charge in [0.1, 0.15) is 0 Å². The van der Waals surface area contributed by atoms with Crippen LogP contribution in [0.4, 0.5) is 0 Å². The van der Waals surface area contributed by atoms with Crippen LogP contribution in [0.2, 0.25) is 0 Å². The Hall–Kier alpha value is -1.17. The topological polar surface area (TPSA) is 46.2 Å². The summed E-state index contributed by atoms with van der Waals surface area (Å²) in [6.45, 7) is 0. The molecule has 0 heterocycles. The summed E-state index contributed by atoms with van der Waals surface area (Å²) in [6.07, 6.45) is 0.612. The molecule has 0 radical (unpaired) electrons. The molecule has 2 rings (SSSR count). The van der Waals surface area contributed by atoms with Crippen molar-refractivity contribution in [3.05, 3.63) is 65.7 Å². The van der Waals surface area contributed by atoms with E-state index in [2.05, 4.69) is 20.7 Å². The zero-order chi connectivity index (χ0) is 14.6. The van der Waals surface area contributed by atoms with E-state index in [9.17, 15) is 8.42 Å². The molecule has 0 fully saturated rings. The Balaban J connectivity index is 2.31. The van der Waals surface area contributed by atoms with Crippen molar-refractivity contribution in [1.82, 2.24) is 4.72 Å². The normalized spacial score (nSPS) is 13.1. The number of sulfonamides is 1. The zero-order valence-corrected chi connectivity index (χ0v) is 13.5. The fourth-order valence-corrected chi connectivity index (χ4v) is 3.65. The summed E-state index contributed by atoms with van der Waals surface area (Å²) in [7, 11) is -2.00. The van der Waals surface area contributed by atoms with Crippen molar-refractivity contribution >= 4 is 26.0 Å². The number of hydrogen-bond donors (Lipinski definition) is 1. The van der Waals surface area contributed by atoms with Gasteiger partial charge in [0.05, 0.1) is 4.90 Å². The molecular formula is C15H16BrNO2S. The Morgan fingerprint density at radius 1 is 1.05 bits per heavy atom. The first-order valence-corrected chi connectivity index (χ1v) is 8.65. The predicted molar refractivity (Wildman–Crippen MR) is 84.5 cm³/mol. The van der Waals surface area contributed by atoms with Gasteiger partial charge >= 0.3 is 0 Å². The number of rotatable bonds is 5. The Morgan fingerprint density at radius 2 is 1.65 bits per heavy atom. The Bertz CT molecular complexity index is 671. The van der Waals surface area contributed by atoms with Crippen LogP contribution in [0.15, 0.2) is 59.5 Å². The summed E-state index contributed by atoms with van der Waals surface area (Å²) < 4.78 is 26.4. The van der Waals surface area contributed by atoms with Gasteiger partial charge in [-0.1, -0.05) is 64.5 Å². The van der Waals surface area contributed by atoms with E-state index in [1.165, 1.54) is 7.05 Å². The average molecular weight is 354 g/mol. The summed E-state index contributed by atoms with van der Waals surface area (Å²) >= 11 is 3.63. The van der Waals surface area contributed by atoms with Crippen molar-refractivity contribution in [2.24, 2.45) is 0 Å². The lowest BCUT2D eigenvalue weighted by molar-refractivity contribution is 0.587. The van der Waals surface area contributed by atoms with Crippen molar-refractivity contribution in [3.8, 4) is 0 Å². The second-order valence-electron chi connectivity index (χ2n) is 4.40. The van der Waals surface area contributed by atoms with Gasteiger partial charge in [0.2, 0.25) is 10.0 Å². The third-order valence-corrected chi connectivity index (χ3v) is 5.46. The molecule has 0 saturated heterocycles. The third kappa shape index (κ3) is 3.48. The van der Waals surface area contributed by atoms with Gasteiger partial charge in [-0.05, 0) is 30.7 Å². The highest BCUT2D eigenvalue weighted by atomic mass is 79.9. The summed E-state index contributed by atoms with van der Waals surface area (Å²) in [4.78, 5) is 0.416. The van der Waals surface area contributed by atoms with Crippen LogP contribution >= 0.6 is 15.9 Å². The fraction of sp³-hybridized carbons (Fsp3) is 0.200. The van der Waals surface area contributed by atoms with Crippen LogP contribution in [-0.4, -0.2) is 15.5 Å². The molecule has 0 aliphatic heterocycles. The summed E-state index contributed by atoms with van der Waals surface area (Å²) in [5, 5.41) is 0. The molecule has 0 saturated carbocycles. The first-order chi connectivity index (χ1) is 9.54. The molecule has 0 spiro atoms. The molecule has 0 aliphatic rings. The van der Waals surface area contributed by atoms with E-state index in [0.717, 1.165) is 11.1 Å². The fourth-order valence-electron chi connectivity index (χ4n) is 2.02. The molecule has 0 amide bonds. The Kier molecular flexibility index (Phi) is 4.96. The number of alkyl halides is 1. The molecule has 1 atom stereocenters. The lowest BCUT2D eigenvalue weighted by Crippen LogP contribution is -2.20. The highest BCUT2D eigenvalue weighted by Crippen LogP contribution is 2.29. The second kappa shape index (κ2) is 6.52. The second-order valence-corrected chi connectivity index (χ2v) is 7.36. The van der Waals surface area contributed by atoms with Crippen LogP contribution in [0.25, 0.3) is 0 Å². The largest absolute Gasteiger partial charge is 0.240 e. The number of nitrogens with one attached hydrogen (secondary N) is 1. The van der Waals surface area contributed by atoms with Gasteiger partial charge in [-0.3, -0.25) is 0 Å². The monoisotopic (exact) mass is 353 g/mol. The van der Waals surface area contributed by atoms with Crippen LogP contribution in [0, 0.1) is 0 Å². The van der Waals surface area contributed by atoms with Crippen molar-refractivity contribution in [1.29, 1.82) is 0 Å². The predicted octanol–water partition coefficient (Wildman–Crippen LogP) is 3.27. The van der Waals surface area contributed by atoms with Crippen LogP contribution in [0.3, 0.4) is 0 Å². The minimum atomic E-state index is -3.43. The molecule has 3 nitrogen and oxygen atoms in total. The number of halogens is 1. The van der Waals surface area contributed by atoms with Crippen LogP contribution in [-0.2, 0) is 16.4 Å². The molecule has 0 aliphatic carbocycles. The van der Waals surface area contributed by atoms with Crippen molar-refractivity contribution in [2.75, 3.05) is 7.05 Å². The molecule has 1 unspecified atom stereocenters. The average Bonchev–Trinajstić information content (AvgIpc) is 2.48. The lowest BCUT2D eigenvalue weighted by Gasteiger charge is -2.14. The minimum absolute atomic E-state index is 0.0805. The van der Waals surface area contributed by atoms with Gasteiger partial charge in [-0.2, -0.15) is 0 Å². The van der Waals surface area contributed by atoms with E-state index in [0.29, 0.717) is 11.3 Å². The van der Waals surface area contributed by atoms with E-state index >= 15 is 0 Å². The van der Waals surface area contributed by atoms with E-state index in [1.54, 1.807) is 12.1 Å². The summed E-state index contributed by atoms with van der Waals surface area (Å²) in [6, 6.07) is 17.0. The van der Waals surface area contributed by atoms with Gasteiger partial charge in [0, 0.05) is 4.83 Å². The standard InChI is InChI=1S/C15H16BrNO2S/c1-17-20(18,19)15-10-6-5-9-13(15)11-14(16)12-7-3-2-4-8-12/h2-10,14,17H,11H2,1H3. The molecule has 106 valence electrons. The first-order valence-electron chi connectivity index (χ1n) is 6.25. The van der Waals surface area contributed by atoms with Gasteiger partial charge < -0.3 is 0 Å². The summed E-state index contributed by atoms with van der Waals surface area (Å²) in [5.41, 5.74) is 1.93. The Labute approximate surface area is 128 Å².